The molecule has 0 unspecified atom stereocenters. The third-order valence-corrected chi connectivity index (χ3v) is 7.50. The van der Waals surface area contributed by atoms with Crippen LogP contribution < -0.4 is 10.1 Å². The molecule has 0 bridgehead atoms. The van der Waals surface area contributed by atoms with Crippen LogP contribution in [-0.2, 0) is 20.9 Å². The minimum atomic E-state index is -0.630. The summed E-state index contributed by atoms with van der Waals surface area (Å²) in [5.74, 6) is -1.65. The fraction of sp³-hybridized carbons (Fsp3) is 0.172. The van der Waals surface area contributed by atoms with Gasteiger partial charge in [0.2, 0.25) is 5.91 Å². The summed E-state index contributed by atoms with van der Waals surface area (Å²) in [5.41, 5.74) is 1.78. The average molecular weight is 662 g/mol. The van der Waals surface area contributed by atoms with Crippen LogP contribution in [0.1, 0.15) is 34.8 Å². The quantitative estimate of drug-likeness (QED) is 0.183. The molecule has 1 aliphatic heterocycles. The molecule has 1 aliphatic rings. The molecule has 0 spiro atoms. The van der Waals surface area contributed by atoms with Crippen molar-refractivity contribution in [1.29, 1.82) is 0 Å². The van der Waals surface area contributed by atoms with E-state index in [1.807, 2.05) is 6.92 Å². The fourth-order valence-corrected chi connectivity index (χ4v) is 5.17. The summed E-state index contributed by atoms with van der Waals surface area (Å²) >= 11 is 10.3. The Labute approximate surface area is 253 Å². The van der Waals surface area contributed by atoms with Crippen LogP contribution in [0, 0.1) is 5.82 Å². The van der Waals surface area contributed by atoms with E-state index in [2.05, 4.69) is 21.2 Å². The zero-order valence-electron chi connectivity index (χ0n) is 21.6. The maximum Gasteiger partial charge on any atom is 0.339 e. The number of nitrogens with zero attached hydrogens (tertiary/aromatic N) is 1. The Morgan fingerprint density at radius 1 is 1.10 bits per heavy atom. The zero-order valence-corrected chi connectivity index (χ0v) is 24.8. The van der Waals surface area contributed by atoms with Crippen molar-refractivity contribution in [3.8, 4) is 5.75 Å². The van der Waals surface area contributed by atoms with E-state index in [0.29, 0.717) is 22.2 Å². The van der Waals surface area contributed by atoms with Gasteiger partial charge >= 0.3 is 5.97 Å². The highest BCUT2D eigenvalue weighted by Crippen LogP contribution is 2.34. The molecule has 0 saturated carbocycles. The van der Waals surface area contributed by atoms with Gasteiger partial charge in [-0.3, -0.25) is 19.3 Å². The van der Waals surface area contributed by atoms with E-state index in [9.17, 15) is 23.6 Å². The molecule has 1 fully saturated rings. The lowest BCUT2D eigenvalue weighted by Gasteiger charge is -2.13. The molecular formula is C29H23BrClFN2O6S. The first-order valence-corrected chi connectivity index (χ1v) is 14.3. The Hall–Kier alpha value is -3.67. The fourth-order valence-electron chi connectivity index (χ4n) is 3.63. The first kappa shape index (κ1) is 30.3. The number of hydrogen-bond acceptors (Lipinski definition) is 7. The minimum absolute atomic E-state index is 0.0880. The highest BCUT2D eigenvalue weighted by Gasteiger charge is 2.36. The summed E-state index contributed by atoms with van der Waals surface area (Å²) in [7, 11) is 0. The zero-order chi connectivity index (χ0) is 29.5. The molecule has 3 aromatic carbocycles. The molecule has 12 heteroatoms. The van der Waals surface area contributed by atoms with Crippen molar-refractivity contribution in [3.63, 3.8) is 0 Å². The lowest BCUT2D eigenvalue weighted by Crippen LogP contribution is -2.36. The molecule has 41 heavy (non-hydrogen) atoms. The Balaban J connectivity index is 1.38. The number of imide groups is 1. The number of nitrogens with one attached hydrogen (secondary N) is 1. The molecule has 1 saturated heterocycles. The van der Waals surface area contributed by atoms with Crippen LogP contribution in [0.4, 0.5) is 14.9 Å². The second-order valence-corrected chi connectivity index (χ2v) is 11.0. The van der Waals surface area contributed by atoms with Crippen LogP contribution in [0.5, 0.6) is 5.75 Å². The van der Waals surface area contributed by atoms with Gasteiger partial charge in [0.1, 0.15) is 24.7 Å². The first-order chi connectivity index (χ1) is 19.6. The van der Waals surface area contributed by atoms with Gasteiger partial charge in [-0.1, -0.05) is 36.7 Å². The number of anilines is 1. The standard InChI is InChI=1S/C29H23BrClFN2O6S/c1-2-11-39-28(37)21-14-20(8-9-23(21)31)33-26(35)15-34-27(36)25(41-29(34)38)13-18-5-10-24(22(30)12-18)40-16-17-3-6-19(32)7-4-17/h3-10,12-14H,2,11,15-16H2,1H3,(H,33,35)/b25-13-. The van der Waals surface area contributed by atoms with E-state index in [1.54, 1.807) is 36.4 Å². The molecule has 1 N–H and O–H groups in total. The molecular weight excluding hydrogens is 639 g/mol. The number of benzene rings is 3. The lowest BCUT2D eigenvalue weighted by molar-refractivity contribution is -0.127. The van der Waals surface area contributed by atoms with Gasteiger partial charge in [0.25, 0.3) is 11.1 Å². The van der Waals surface area contributed by atoms with Crippen molar-refractivity contribution in [2.75, 3.05) is 18.5 Å². The maximum absolute atomic E-state index is 13.1. The number of hydrogen-bond donors (Lipinski definition) is 1. The van der Waals surface area contributed by atoms with Gasteiger partial charge in [-0.2, -0.15) is 0 Å². The van der Waals surface area contributed by atoms with Gasteiger partial charge in [-0.15, -0.1) is 0 Å². The van der Waals surface area contributed by atoms with E-state index >= 15 is 0 Å². The summed E-state index contributed by atoms with van der Waals surface area (Å²) in [5, 5.41) is 2.15. The van der Waals surface area contributed by atoms with Gasteiger partial charge in [0.05, 0.1) is 26.6 Å². The minimum Gasteiger partial charge on any atom is -0.488 e. The van der Waals surface area contributed by atoms with Crippen molar-refractivity contribution in [3.05, 3.63) is 97.6 Å². The van der Waals surface area contributed by atoms with Crippen LogP contribution in [-0.4, -0.2) is 41.1 Å². The summed E-state index contributed by atoms with van der Waals surface area (Å²) in [6.07, 6.45) is 2.19. The van der Waals surface area contributed by atoms with Crippen molar-refractivity contribution >= 4 is 74.1 Å². The number of carbonyl (C=O) groups is 4. The molecule has 212 valence electrons. The smallest absolute Gasteiger partial charge is 0.339 e. The van der Waals surface area contributed by atoms with Gasteiger partial charge in [-0.05, 0) is 93.8 Å². The monoisotopic (exact) mass is 660 g/mol. The van der Waals surface area contributed by atoms with Crippen LogP contribution in [0.15, 0.2) is 70.0 Å². The molecule has 0 atom stereocenters. The predicted octanol–water partition coefficient (Wildman–Crippen LogP) is 7.06. The average Bonchev–Trinajstić information content (AvgIpc) is 3.20. The Morgan fingerprint density at radius 3 is 2.56 bits per heavy atom. The SMILES string of the molecule is CCCOC(=O)c1cc(NC(=O)CN2C(=O)S/C(=C\c3ccc(OCc4ccc(F)cc4)c(Br)c3)C2=O)ccc1Cl. The Bertz CT molecular complexity index is 1530. The van der Waals surface area contributed by atoms with Gasteiger partial charge in [-0.25, -0.2) is 9.18 Å². The number of thioether (sulfide) groups is 1. The molecule has 3 amide bonds. The van der Waals surface area contributed by atoms with E-state index in [1.165, 1.54) is 30.3 Å². The van der Waals surface area contributed by atoms with Gasteiger partial charge in [0, 0.05) is 5.69 Å². The number of esters is 1. The first-order valence-electron chi connectivity index (χ1n) is 12.3. The van der Waals surface area contributed by atoms with Crippen LogP contribution in [0.3, 0.4) is 0 Å². The third-order valence-electron chi connectivity index (χ3n) is 5.64. The summed E-state index contributed by atoms with van der Waals surface area (Å²) in [4.78, 5) is 51.3. The van der Waals surface area contributed by atoms with Gasteiger partial charge in [0.15, 0.2) is 0 Å². The molecule has 0 aromatic heterocycles. The Kier molecular flexibility index (Phi) is 10.2. The second-order valence-electron chi connectivity index (χ2n) is 8.75. The maximum atomic E-state index is 13.1. The predicted molar refractivity (Wildman–Crippen MR) is 158 cm³/mol. The lowest BCUT2D eigenvalue weighted by atomic mass is 10.2. The third kappa shape index (κ3) is 7.96. The van der Waals surface area contributed by atoms with Crippen molar-refractivity contribution in [2.45, 2.75) is 20.0 Å². The number of carbonyl (C=O) groups excluding carboxylic acids is 4. The molecule has 8 nitrogen and oxygen atoms in total. The molecule has 3 aromatic rings. The number of ether oxygens (including phenoxy) is 2. The van der Waals surface area contributed by atoms with E-state index in [4.69, 9.17) is 21.1 Å². The number of halogens is 3. The highest BCUT2D eigenvalue weighted by molar-refractivity contribution is 9.10. The molecule has 0 aliphatic carbocycles. The van der Waals surface area contributed by atoms with Crippen LogP contribution >= 0.6 is 39.3 Å². The van der Waals surface area contributed by atoms with E-state index < -0.39 is 29.6 Å². The van der Waals surface area contributed by atoms with Crippen molar-refractivity contribution in [1.82, 2.24) is 4.90 Å². The molecule has 0 radical (unpaired) electrons. The summed E-state index contributed by atoms with van der Waals surface area (Å²) in [6, 6.07) is 15.4. The van der Waals surface area contributed by atoms with Crippen molar-refractivity contribution < 1.29 is 33.0 Å². The highest BCUT2D eigenvalue weighted by atomic mass is 79.9. The second kappa shape index (κ2) is 13.8. The topological polar surface area (TPSA) is 102 Å². The van der Waals surface area contributed by atoms with E-state index in [0.717, 1.165) is 22.2 Å². The van der Waals surface area contributed by atoms with Crippen LogP contribution in [0.2, 0.25) is 5.02 Å². The normalized spacial score (nSPS) is 14.0. The largest absolute Gasteiger partial charge is 0.488 e. The molecule has 4 rings (SSSR count). The Morgan fingerprint density at radius 2 is 1.85 bits per heavy atom. The summed E-state index contributed by atoms with van der Waals surface area (Å²) < 4.78 is 24.6. The van der Waals surface area contributed by atoms with Crippen molar-refractivity contribution in [2.24, 2.45) is 0 Å². The summed E-state index contributed by atoms with van der Waals surface area (Å²) in [6.45, 7) is 1.80. The van der Waals surface area contributed by atoms with E-state index in [-0.39, 0.29) is 40.2 Å². The van der Waals surface area contributed by atoms with Crippen LogP contribution in [0.25, 0.3) is 6.08 Å². The number of rotatable bonds is 10. The molecule has 1 heterocycles. The van der Waals surface area contributed by atoms with Gasteiger partial charge < -0.3 is 14.8 Å². The number of amides is 3.